The average molecular weight is 770 g/mol. The number of esters is 1. The van der Waals surface area contributed by atoms with Crippen molar-refractivity contribution in [2.75, 3.05) is 36.8 Å². The van der Waals surface area contributed by atoms with Crippen LogP contribution in [0.5, 0.6) is 0 Å². The van der Waals surface area contributed by atoms with Gasteiger partial charge in [-0.05, 0) is 74.0 Å². The van der Waals surface area contributed by atoms with Crippen LogP contribution < -0.4 is 10.6 Å². The third-order valence-corrected chi connectivity index (χ3v) is 17.2. The summed E-state index contributed by atoms with van der Waals surface area (Å²) in [5, 5.41) is 11.1. The molecule has 5 aliphatic rings. The highest BCUT2D eigenvalue weighted by atomic mass is 32.2. The van der Waals surface area contributed by atoms with Crippen LogP contribution in [0, 0.1) is 34.0 Å². The topological polar surface area (TPSA) is 191 Å². The van der Waals surface area contributed by atoms with Crippen molar-refractivity contribution in [3.8, 4) is 0 Å². The minimum Gasteiger partial charge on any atom is -0.461 e. The van der Waals surface area contributed by atoms with Gasteiger partial charge < -0.3 is 29.9 Å². The molecule has 0 radical (unpaired) electrons. The number of imidazole rings is 1. The third kappa shape index (κ3) is 6.53. The van der Waals surface area contributed by atoms with Gasteiger partial charge in [0.2, 0.25) is 5.91 Å². The maximum Gasteiger partial charge on any atom is 0.321 e. The van der Waals surface area contributed by atoms with Crippen LogP contribution in [0.15, 0.2) is 12.7 Å². The highest BCUT2D eigenvalue weighted by Gasteiger charge is 2.68. The molecule has 1 unspecified atom stereocenters. The number of Topliss-reactive ketones (excluding diaryl/α,β-unsaturated/α-hetero) is 1. The van der Waals surface area contributed by atoms with Gasteiger partial charge in [-0.1, -0.05) is 34.6 Å². The number of aliphatic hydroxyl groups excluding tert-OH is 1. The molecule has 2 saturated heterocycles. The molecular weight excluding hydrogens is 711 g/mol. The van der Waals surface area contributed by atoms with Crippen molar-refractivity contribution >= 4 is 44.5 Å². The van der Waals surface area contributed by atoms with E-state index in [1.807, 2.05) is 18.4 Å². The molecule has 5 fully saturated rings. The van der Waals surface area contributed by atoms with Crippen LogP contribution in [0.4, 0.5) is 5.82 Å². The number of aliphatic hydroxyl groups is 1. The van der Waals surface area contributed by atoms with Gasteiger partial charge in [-0.3, -0.25) is 14.4 Å². The van der Waals surface area contributed by atoms with Gasteiger partial charge in [0, 0.05) is 62.9 Å². The Labute approximate surface area is 318 Å². The van der Waals surface area contributed by atoms with E-state index in [9.17, 15) is 27.9 Å². The lowest BCUT2D eigenvalue weighted by molar-refractivity contribution is -0.211. The molecule has 7 rings (SSSR count). The van der Waals surface area contributed by atoms with Gasteiger partial charge in [0.25, 0.3) is 0 Å². The molecule has 9 atom stereocenters. The van der Waals surface area contributed by atoms with Crippen molar-refractivity contribution < 1.29 is 32.6 Å². The highest BCUT2D eigenvalue weighted by Crippen LogP contribution is 2.68. The number of fused-ring (bicyclic) bond motifs is 1. The minimum absolute atomic E-state index is 0.0742. The molecule has 3 N–H and O–H groups in total. The number of nitrogens with two attached hydrogens (primary N) is 1. The van der Waals surface area contributed by atoms with E-state index in [1.54, 1.807) is 11.2 Å². The maximum absolute atomic E-state index is 13.7. The van der Waals surface area contributed by atoms with E-state index < -0.39 is 49.8 Å². The first kappa shape index (κ1) is 39.1. The SMILES string of the molecule is CC[C@]1(C)C[C@@H](OC(=O)CS(=O)(=O)C2CCN(C(=O)CCn3cnc4c(N5CCC(N)C5)ncnc43)CC2)[C@]2(C)[C@H](C)CC[C@]3(CCC(=O)[C@@H]32)[C@@H](C)[C@@H]1O. The van der Waals surface area contributed by atoms with E-state index in [0.717, 1.165) is 38.0 Å². The second-order valence-electron chi connectivity index (χ2n) is 17.8. The molecule has 2 aromatic rings. The van der Waals surface area contributed by atoms with Crippen molar-refractivity contribution in [3.63, 3.8) is 0 Å². The van der Waals surface area contributed by atoms with E-state index >= 15 is 0 Å². The van der Waals surface area contributed by atoms with Gasteiger partial charge in [0.1, 0.15) is 24.0 Å². The Hall–Kier alpha value is -3.17. The van der Waals surface area contributed by atoms with Gasteiger partial charge in [-0.15, -0.1) is 0 Å². The standard InChI is InChI=1S/C39H59N7O7S/c1-6-37(4)19-29(38(5)24(2)7-13-39(25(3)34(37)50)14-8-28(47)33(38)39)53-31(49)21-54(51,52)27-10-16-44(17-11-27)30(48)12-18-46-23-43-32-35(41-22-42-36(32)46)45-15-9-26(40)20-45/h22-27,29,33-34,50H,6-21,40H2,1-5H3/t24-,25+,26?,29-,33-,34+,37-,38+,39+/m1/s1. The van der Waals surface area contributed by atoms with E-state index in [2.05, 4.69) is 40.6 Å². The van der Waals surface area contributed by atoms with Crippen molar-refractivity contribution in [1.29, 1.82) is 0 Å². The summed E-state index contributed by atoms with van der Waals surface area (Å²) in [6.07, 6.45) is 7.23. The number of aryl methyl sites for hydroxylation is 1. The number of likely N-dealkylation sites (tertiary alicyclic amines) is 1. The van der Waals surface area contributed by atoms with Crippen LogP contribution in [0.3, 0.4) is 0 Å². The summed E-state index contributed by atoms with van der Waals surface area (Å²) in [5.74, 6) is -1.10. The number of ketones is 1. The maximum atomic E-state index is 13.7. The molecule has 54 heavy (non-hydrogen) atoms. The Kier molecular flexibility index (Phi) is 10.4. The van der Waals surface area contributed by atoms with Crippen LogP contribution in [-0.4, -0.2) is 111 Å². The zero-order valence-electron chi connectivity index (χ0n) is 32.6. The summed E-state index contributed by atoms with van der Waals surface area (Å²) in [6.45, 7) is 12.8. The van der Waals surface area contributed by atoms with Crippen LogP contribution in [0.1, 0.15) is 98.8 Å². The summed E-state index contributed by atoms with van der Waals surface area (Å²) in [6, 6.07) is 0.0932. The summed E-state index contributed by atoms with van der Waals surface area (Å²) >= 11 is 0. The molecule has 298 valence electrons. The molecule has 14 nitrogen and oxygen atoms in total. The Morgan fingerprint density at radius 3 is 2.48 bits per heavy atom. The smallest absolute Gasteiger partial charge is 0.321 e. The zero-order valence-corrected chi connectivity index (χ0v) is 33.4. The van der Waals surface area contributed by atoms with Crippen molar-refractivity contribution in [2.45, 2.75) is 129 Å². The lowest BCUT2D eigenvalue weighted by Crippen LogP contribution is -2.63. The van der Waals surface area contributed by atoms with E-state index in [0.29, 0.717) is 43.5 Å². The van der Waals surface area contributed by atoms with Crippen LogP contribution >= 0.6 is 0 Å². The Morgan fingerprint density at radius 1 is 1.06 bits per heavy atom. The molecule has 3 aliphatic carbocycles. The van der Waals surface area contributed by atoms with Gasteiger partial charge in [0.05, 0.1) is 17.7 Å². The molecule has 2 aliphatic heterocycles. The minimum atomic E-state index is -3.89. The fourth-order valence-electron chi connectivity index (χ4n) is 11.3. The summed E-state index contributed by atoms with van der Waals surface area (Å²) in [7, 11) is -3.89. The lowest BCUT2D eigenvalue weighted by Gasteiger charge is -2.62. The number of anilines is 1. The van der Waals surface area contributed by atoms with Gasteiger partial charge in [0.15, 0.2) is 26.8 Å². The molecule has 0 aromatic carbocycles. The predicted octanol–water partition coefficient (Wildman–Crippen LogP) is 3.29. The number of nitrogens with zero attached hydrogens (tertiary/aromatic N) is 6. The van der Waals surface area contributed by atoms with Crippen LogP contribution in [-0.2, 0) is 35.5 Å². The number of rotatable bonds is 9. The van der Waals surface area contributed by atoms with E-state index in [4.69, 9.17) is 10.5 Å². The Balaban J connectivity index is 0.980. The molecular formula is C39H59N7O7S. The number of hydrogen-bond acceptors (Lipinski definition) is 12. The molecule has 3 saturated carbocycles. The normalized spacial score (nSPS) is 36.2. The van der Waals surface area contributed by atoms with Gasteiger partial charge in [-0.25, -0.2) is 23.4 Å². The van der Waals surface area contributed by atoms with E-state index in [-0.39, 0.29) is 73.3 Å². The quantitative estimate of drug-likeness (QED) is 0.355. The first-order valence-electron chi connectivity index (χ1n) is 20.1. The lowest BCUT2D eigenvalue weighted by atomic mass is 9.43. The second-order valence-corrected chi connectivity index (χ2v) is 20.1. The number of piperidine rings is 1. The number of hydrogen-bond donors (Lipinski definition) is 2. The average Bonchev–Trinajstić information content (AvgIpc) is 3.87. The summed E-state index contributed by atoms with van der Waals surface area (Å²) < 4.78 is 35.6. The van der Waals surface area contributed by atoms with Gasteiger partial charge in [-0.2, -0.15) is 0 Å². The van der Waals surface area contributed by atoms with Crippen LogP contribution in [0.25, 0.3) is 11.2 Å². The zero-order chi connectivity index (χ0) is 38.8. The van der Waals surface area contributed by atoms with Crippen molar-refractivity contribution in [3.05, 3.63) is 12.7 Å². The fraction of sp³-hybridized carbons (Fsp3) is 0.795. The first-order chi connectivity index (χ1) is 25.5. The predicted molar refractivity (Wildman–Crippen MR) is 203 cm³/mol. The van der Waals surface area contributed by atoms with Crippen LogP contribution in [0.2, 0.25) is 0 Å². The molecule has 4 heterocycles. The van der Waals surface area contributed by atoms with Crippen molar-refractivity contribution in [2.24, 2.45) is 39.7 Å². The first-order valence-corrected chi connectivity index (χ1v) is 21.8. The number of aromatic nitrogens is 4. The molecule has 0 spiro atoms. The molecule has 2 bridgehead atoms. The third-order valence-electron chi connectivity index (χ3n) is 15.1. The van der Waals surface area contributed by atoms with Gasteiger partial charge >= 0.3 is 5.97 Å². The number of sulfone groups is 1. The number of ether oxygens (including phenoxy) is 1. The number of carbonyl (C=O) groups excluding carboxylic acids is 3. The molecule has 2 aromatic heterocycles. The summed E-state index contributed by atoms with van der Waals surface area (Å²) in [4.78, 5) is 57.9. The van der Waals surface area contributed by atoms with E-state index in [1.165, 1.54) is 6.33 Å². The monoisotopic (exact) mass is 769 g/mol. The Bertz CT molecular complexity index is 1880. The molecule has 1 amide bonds. The highest BCUT2D eigenvalue weighted by molar-refractivity contribution is 7.92. The second kappa shape index (κ2) is 14.4. The largest absolute Gasteiger partial charge is 0.461 e. The number of carbonyl (C=O) groups is 3. The Morgan fingerprint density at radius 2 is 1.80 bits per heavy atom. The van der Waals surface area contributed by atoms with Crippen molar-refractivity contribution in [1.82, 2.24) is 24.4 Å². The fourth-order valence-corrected chi connectivity index (χ4v) is 12.8. The summed E-state index contributed by atoms with van der Waals surface area (Å²) in [5.41, 5.74) is 5.80. The number of amides is 1. The molecule has 15 heteroatoms.